The minimum Gasteiger partial charge on any atom is -0.354 e. The molecule has 0 saturated heterocycles. The minimum absolute atomic E-state index is 0.168. The Hall–Kier alpha value is -2.94. The van der Waals surface area contributed by atoms with Crippen molar-refractivity contribution in [2.24, 2.45) is 0 Å². The second-order valence-corrected chi connectivity index (χ2v) is 10.4. The number of hydrogen-bond donors (Lipinski definition) is 1. The van der Waals surface area contributed by atoms with Gasteiger partial charge in [-0.3, -0.25) is 13.9 Å². The maximum absolute atomic E-state index is 14.4. The van der Waals surface area contributed by atoms with Gasteiger partial charge < -0.3 is 10.2 Å². The van der Waals surface area contributed by atoms with Crippen LogP contribution in [0.15, 0.2) is 42.5 Å². The molecule has 0 aromatic heterocycles. The second-order valence-electron chi connectivity index (χ2n) is 8.47. The number of halogens is 1. The van der Waals surface area contributed by atoms with Crippen LogP contribution in [0.3, 0.4) is 0 Å². The fourth-order valence-corrected chi connectivity index (χ4v) is 4.26. The third kappa shape index (κ3) is 7.28. The van der Waals surface area contributed by atoms with Crippen molar-refractivity contribution in [1.29, 1.82) is 0 Å². The molecule has 2 aromatic rings. The quantitative estimate of drug-likeness (QED) is 0.487. The number of anilines is 1. The average Bonchev–Trinajstić information content (AvgIpc) is 2.77. The summed E-state index contributed by atoms with van der Waals surface area (Å²) in [5.41, 5.74) is 2.46. The second kappa shape index (κ2) is 12.0. The maximum Gasteiger partial charge on any atom is 0.244 e. The molecule has 0 spiro atoms. The Labute approximate surface area is 202 Å². The van der Waals surface area contributed by atoms with Crippen molar-refractivity contribution < 1.29 is 22.4 Å². The molecule has 0 radical (unpaired) electrons. The fourth-order valence-electron chi connectivity index (χ4n) is 3.42. The lowest BCUT2D eigenvalue weighted by Crippen LogP contribution is -2.51. The standard InChI is InChI=1S/C25H34FN3O4S/c1-6-7-14-27-25(31)20(4)28(16-21-10-8-9-11-23(21)26)24(30)17-29(34(5,32)33)22-13-12-18(2)19(3)15-22/h8-13,15,20H,6-7,14,16-17H2,1-5H3,(H,27,31)/t20-/m1/s1. The number of rotatable bonds is 11. The molecule has 9 heteroatoms. The van der Waals surface area contributed by atoms with E-state index in [0.29, 0.717) is 12.2 Å². The molecule has 0 aliphatic carbocycles. The van der Waals surface area contributed by atoms with E-state index in [-0.39, 0.29) is 18.0 Å². The van der Waals surface area contributed by atoms with Crippen LogP contribution in [0, 0.1) is 19.7 Å². The van der Waals surface area contributed by atoms with Gasteiger partial charge in [0.2, 0.25) is 21.8 Å². The van der Waals surface area contributed by atoms with Crippen LogP contribution in [0.5, 0.6) is 0 Å². The van der Waals surface area contributed by atoms with E-state index < -0.39 is 34.3 Å². The number of amides is 2. The van der Waals surface area contributed by atoms with E-state index in [9.17, 15) is 22.4 Å². The fraction of sp³-hybridized carbons (Fsp3) is 0.440. The van der Waals surface area contributed by atoms with Crippen LogP contribution in [0.25, 0.3) is 0 Å². The van der Waals surface area contributed by atoms with Crippen LogP contribution in [-0.4, -0.2) is 50.5 Å². The number of benzene rings is 2. The number of nitrogens with one attached hydrogen (secondary N) is 1. The number of sulfonamides is 1. The van der Waals surface area contributed by atoms with E-state index in [0.717, 1.165) is 34.5 Å². The summed E-state index contributed by atoms with van der Waals surface area (Å²) in [5.74, 6) is -1.49. The predicted molar refractivity (Wildman–Crippen MR) is 132 cm³/mol. The van der Waals surface area contributed by atoms with Gasteiger partial charge in [0.25, 0.3) is 0 Å². The highest BCUT2D eigenvalue weighted by Gasteiger charge is 2.30. The zero-order chi connectivity index (χ0) is 25.5. The highest BCUT2D eigenvalue weighted by Crippen LogP contribution is 2.22. The van der Waals surface area contributed by atoms with Crippen LogP contribution in [0.1, 0.15) is 43.4 Å². The largest absolute Gasteiger partial charge is 0.354 e. The van der Waals surface area contributed by atoms with E-state index in [1.165, 1.54) is 23.1 Å². The first kappa shape index (κ1) is 27.3. The molecule has 0 heterocycles. The summed E-state index contributed by atoms with van der Waals surface area (Å²) >= 11 is 0. The van der Waals surface area contributed by atoms with Gasteiger partial charge in [0.15, 0.2) is 0 Å². The van der Waals surface area contributed by atoms with Crippen LogP contribution in [0.4, 0.5) is 10.1 Å². The van der Waals surface area contributed by atoms with Crippen LogP contribution >= 0.6 is 0 Å². The number of hydrogen-bond acceptors (Lipinski definition) is 4. The normalized spacial score (nSPS) is 12.2. The zero-order valence-electron chi connectivity index (χ0n) is 20.5. The predicted octanol–water partition coefficient (Wildman–Crippen LogP) is 3.54. The first-order chi connectivity index (χ1) is 16.0. The molecule has 0 bridgehead atoms. The summed E-state index contributed by atoms with van der Waals surface area (Å²) in [6, 6.07) is 10.2. The Morgan fingerprint density at radius 3 is 2.35 bits per heavy atom. The molecular formula is C25H34FN3O4S. The van der Waals surface area contributed by atoms with E-state index in [1.807, 2.05) is 20.8 Å². The molecule has 0 aliphatic heterocycles. The van der Waals surface area contributed by atoms with Crippen molar-refractivity contribution in [3.63, 3.8) is 0 Å². The lowest BCUT2D eigenvalue weighted by atomic mass is 10.1. The van der Waals surface area contributed by atoms with Crippen molar-refractivity contribution in [1.82, 2.24) is 10.2 Å². The Kier molecular flexibility index (Phi) is 9.61. The van der Waals surface area contributed by atoms with Crippen LogP contribution in [-0.2, 0) is 26.2 Å². The van der Waals surface area contributed by atoms with Gasteiger partial charge in [-0.05, 0) is 56.5 Å². The van der Waals surface area contributed by atoms with Gasteiger partial charge in [-0.25, -0.2) is 12.8 Å². The zero-order valence-corrected chi connectivity index (χ0v) is 21.3. The van der Waals surface area contributed by atoms with Crippen LogP contribution < -0.4 is 9.62 Å². The molecule has 1 N–H and O–H groups in total. The summed E-state index contributed by atoms with van der Waals surface area (Å²) in [6.45, 7) is 7.09. The molecule has 34 heavy (non-hydrogen) atoms. The third-order valence-electron chi connectivity index (χ3n) is 5.75. The maximum atomic E-state index is 14.4. The molecule has 2 amide bonds. The van der Waals surface area contributed by atoms with Gasteiger partial charge in [-0.2, -0.15) is 0 Å². The average molecular weight is 492 g/mol. The van der Waals surface area contributed by atoms with Gasteiger partial charge >= 0.3 is 0 Å². The molecule has 1 atom stereocenters. The van der Waals surface area contributed by atoms with Gasteiger partial charge in [0.1, 0.15) is 18.4 Å². The molecule has 7 nitrogen and oxygen atoms in total. The summed E-state index contributed by atoms with van der Waals surface area (Å²) in [6.07, 6.45) is 2.71. The number of carbonyl (C=O) groups is 2. The Morgan fingerprint density at radius 1 is 1.09 bits per heavy atom. The first-order valence-electron chi connectivity index (χ1n) is 11.3. The lowest BCUT2D eigenvalue weighted by Gasteiger charge is -2.31. The molecule has 0 aliphatic rings. The molecule has 2 aromatic carbocycles. The Bertz CT molecular complexity index is 1120. The summed E-state index contributed by atoms with van der Waals surface area (Å²) in [5, 5.41) is 2.79. The Balaban J connectivity index is 2.38. The molecule has 0 fully saturated rings. The third-order valence-corrected chi connectivity index (χ3v) is 6.89. The van der Waals surface area contributed by atoms with E-state index in [4.69, 9.17) is 0 Å². The van der Waals surface area contributed by atoms with E-state index in [2.05, 4.69) is 5.32 Å². The Morgan fingerprint density at radius 2 is 1.76 bits per heavy atom. The molecule has 2 rings (SSSR count). The van der Waals surface area contributed by atoms with Crippen molar-refractivity contribution in [3.05, 3.63) is 65.0 Å². The van der Waals surface area contributed by atoms with Crippen molar-refractivity contribution in [2.45, 2.75) is 53.1 Å². The highest BCUT2D eigenvalue weighted by atomic mass is 32.2. The number of unbranched alkanes of at least 4 members (excludes halogenated alkanes) is 1. The topological polar surface area (TPSA) is 86.8 Å². The monoisotopic (exact) mass is 491 g/mol. The van der Waals surface area contributed by atoms with Crippen molar-refractivity contribution in [3.8, 4) is 0 Å². The van der Waals surface area contributed by atoms with Gasteiger partial charge in [-0.1, -0.05) is 37.6 Å². The molecule has 0 saturated carbocycles. The number of carbonyl (C=O) groups excluding carboxylic acids is 2. The summed E-state index contributed by atoms with van der Waals surface area (Å²) < 4.78 is 40.6. The highest BCUT2D eigenvalue weighted by molar-refractivity contribution is 7.92. The smallest absolute Gasteiger partial charge is 0.244 e. The number of nitrogens with zero attached hydrogens (tertiary/aromatic N) is 2. The summed E-state index contributed by atoms with van der Waals surface area (Å²) in [7, 11) is -3.81. The SMILES string of the molecule is CCCCNC(=O)[C@@H](C)N(Cc1ccccc1F)C(=O)CN(c1ccc(C)c(C)c1)S(C)(=O)=O. The van der Waals surface area contributed by atoms with Gasteiger partial charge in [-0.15, -0.1) is 0 Å². The van der Waals surface area contributed by atoms with Gasteiger partial charge in [0, 0.05) is 18.7 Å². The van der Waals surface area contributed by atoms with Crippen molar-refractivity contribution >= 4 is 27.5 Å². The van der Waals surface area contributed by atoms with Gasteiger partial charge in [0.05, 0.1) is 11.9 Å². The first-order valence-corrected chi connectivity index (χ1v) is 13.2. The van der Waals surface area contributed by atoms with E-state index >= 15 is 0 Å². The molecule has 186 valence electrons. The number of aryl methyl sites for hydroxylation is 2. The summed E-state index contributed by atoms with van der Waals surface area (Å²) in [4.78, 5) is 27.4. The van der Waals surface area contributed by atoms with Crippen molar-refractivity contribution in [2.75, 3.05) is 23.7 Å². The lowest BCUT2D eigenvalue weighted by molar-refractivity contribution is -0.139. The molecular weight excluding hydrogens is 457 g/mol. The van der Waals surface area contributed by atoms with E-state index in [1.54, 1.807) is 31.2 Å². The molecule has 0 unspecified atom stereocenters. The minimum atomic E-state index is -3.81. The van der Waals surface area contributed by atoms with Crippen LogP contribution in [0.2, 0.25) is 0 Å².